The van der Waals surface area contributed by atoms with Crippen molar-refractivity contribution in [3.05, 3.63) is 42.1 Å². The average Bonchev–Trinajstić information content (AvgIpc) is 2.93. The molecule has 0 aliphatic carbocycles. The Balaban J connectivity index is 1.84. The molecule has 1 fully saturated rings. The Morgan fingerprint density at radius 3 is 2.54 bits per heavy atom. The maximum absolute atomic E-state index is 13.3. The maximum atomic E-state index is 13.3. The zero-order chi connectivity index (χ0) is 28.3. The number of unbranched alkanes of at least 4 members (excludes halogenated alkanes) is 1. The Morgan fingerprint density at radius 2 is 1.87 bits per heavy atom. The minimum atomic E-state index is -4.33. The Kier molecular flexibility index (Phi) is 11.4. The summed E-state index contributed by atoms with van der Waals surface area (Å²) in [7, 11) is -4.33. The average molecular weight is 563 g/mol. The number of hydrogen-bond donors (Lipinski definition) is 4. The Morgan fingerprint density at radius 1 is 1.15 bits per heavy atom. The van der Waals surface area contributed by atoms with E-state index in [1.165, 1.54) is 11.0 Å². The van der Waals surface area contributed by atoms with Crippen LogP contribution >= 0.6 is 7.60 Å². The summed E-state index contributed by atoms with van der Waals surface area (Å²) in [5, 5.41) is 8.53. The van der Waals surface area contributed by atoms with Gasteiger partial charge in [0, 0.05) is 44.4 Å². The van der Waals surface area contributed by atoms with Crippen LogP contribution in [0.2, 0.25) is 0 Å². The molecule has 1 aliphatic rings. The number of amides is 2. The number of piperazine rings is 1. The van der Waals surface area contributed by atoms with Crippen LogP contribution in [0.25, 0.3) is 11.4 Å². The number of nitrogens with zero attached hydrogens (tertiary/aromatic N) is 3. The van der Waals surface area contributed by atoms with E-state index in [9.17, 15) is 23.8 Å². The molecule has 3 rings (SSSR count). The molecule has 0 radical (unpaired) electrons. The number of nitrogens with one attached hydrogen (secondary N) is 3. The fourth-order valence-electron chi connectivity index (χ4n) is 3.67. The quantitative estimate of drug-likeness (QED) is 0.129. The first kappa shape index (κ1) is 30.2. The highest BCUT2D eigenvalue weighted by atomic mass is 31.2. The second-order valence-electron chi connectivity index (χ2n) is 8.82. The van der Waals surface area contributed by atoms with Crippen LogP contribution in [0.4, 0.5) is 10.6 Å². The highest BCUT2D eigenvalue weighted by molar-refractivity contribution is 7.52. The largest absolute Gasteiger partial charge is 0.417 e. The van der Waals surface area contributed by atoms with Crippen LogP contribution in [0.15, 0.2) is 36.4 Å². The topological polar surface area (TPSA) is 172 Å². The number of carbonyl (C=O) groups excluding carboxylic acids is 3. The van der Waals surface area contributed by atoms with Gasteiger partial charge in [0.1, 0.15) is 17.6 Å². The van der Waals surface area contributed by atoms with Gasteiger partial charge >= 0.3 is 19.7 Å². The van der Waals surface area contributed by atoms with Crippen LogP contribution < -0.4 is 16.0 Å². The zero-order valence-electron chi connectivity index (χ0n) is 22.1. The van der Waals surface area contributed by atoms with Crippen molar-refractivity contribution in [1.82, 2.24) is 25.5 Å². The number of rotatable bonds is 12. The summed E-state index contributed by atoms with van der Waals surface area (Å²) in [5.41, 5.74) is 0.568. The third-order valence-electron chi connectivity index (χ3n) is 5.71. The van der Waals surface area contributed by atoms with E-state index in [1.807, 2.05) is 19.9 Å². The first-order valence-electron chi connectivity index (χ1n) is 12.9. The molecule has 0 bridgehead atoms. The molecule has 2 atom stereocenters. The van der Waals surface area contributed by atoms with E-state index in [2.05, 4.69) is 25.9 Å². The number of esters is 1. The molecule has 2 unspecified atom stereocenters. The molecule has 1 aromatic carbocycles. The van der Waals surface area contributed by atoms with Crippen LogP contribution in [-0.4, -0.2) is 89.3 Å². The first-order chi connectivity index (χ1) is 18.7. The lowest BCUT2D eigenvalue weighted by molar-refractivity contribution is -0.140. The molecule has 212 valence electrons. The Bertz CT molecular complexity index is 1180. The van der Waals surface area contributed by atoms with Crippen molar-refractivity contribution >= 4 is 31.4 Å². The van der Waals surface area contributed by atoms with Gasteiger partial charge in [-0.1, -0.05) is 43.7 Å². The molecule has 39 heavy (non-hydrogen) atoms. The number of aromatic nitrogens is 2. The fourth-order valence-corrected chi connectivity index (χ4v) is 4.89. The smallest absolute Gasteiger partial charge is 0.375 e. The van der Waals surface area contributed by atoms with Crippen LogP contribution in [0, 0.1) is 0 Å². The van der Waals surface area contributed by atoms with Crippen molar-refractivity contribution in [3.8, 4) is 11.4 Å². The number of benzene rings is 1. The predicted molar refractivity (Wildman–Crippen MR) is 144 cm³/mol. The second-order valence-corrected chi connectivity index (χ2v) is 10.7. The fraction of sp³-hybridized carbons (Fsp3) is 0.480. The van der Waals surface area contributed by atoms with Gasteiger partial charge in [-0.25, -0.2) is 19.6 Å². The van der Waals surface area contributed by atoms with E-state index >= 15 is 0 Å². The van der Waals surface area contributed by atoms with Crippen LogP contribution in [0.3, 0.4) is 0 Å². The van der Waals surface area contributed by atoms with E-state index in [4.69, 9.17) is 9.26 Å². The van der Waals surface area contributed by atoms with Crippen LogP contribution in [-0.2, 0) is 18.6 Å². The Hall–Kier alpha value is -3.38. The van der Waals surface area contributed by atoms with Crippen molar-refractivity contribution in [2.24, 2.45) is 0 Å². The van der Waals surface area contributed by atoms with E-state index in [-0.39, 0.29) is 18.1 Å². The van der Waals surface area contributed by atoms with Crippen molar-refractivity contribution in [3.63, 3.8) is 0 Å². The molecular weight excluding hydrogens is 527 g/mol. The molecule has 13 nitrogen and oxygen atoms in total. The molecule has 1 aromatic heterocycles. The van der Waals surface area contributed by atoms with E-state index < -0.39 is 37.8 Å². The van der Waals surface area contributed by atoms with Gasteiger partial charge in [-0.15, -0.1) is 0 Å². The third-order valence-corrected chi connectivity index (χ3v) is 7.12. The molecule has 2 heterocycles. The normalized spacial score (nSPS) is 15.6. The van der Waals surface area contributed by atoms with E-state index in [0.717, 1.165) is 6.42 Å². The number of hydrogen-bond acceptors (Lipinski definition) is 10. The zero-order valence-corrected chi connectivity index (χ0v) is 23.0. The standard InChI is InChI=1S/C25H35N6O7P/c1-3-5-15-37-39(35,36)17-20(24(33)38-25(34)31-13-11-26-12-14-31)29-23(32)19-16-21(27-4-2)30-22(28-19)18-9-7-6-8-10-18/h6-10,16,20,26H,3-5,11-15,17H2,1-2H3,(H,29,32)(H,35,36)(H,27,28,30). The van der Waals surface area contributed by atoms with Crippen molar-refractivity contribution < 1.29 is 33.1 Å². The summed E-state index contributed by atoms with van der Waals surface area (Å²) >= 11 is 0. The molecule has 0 saturated carbocycles. The summed E-state index contributed by atoms with van der Waals surface area (Å²) in [5.74, 6) is -1.36. The van der Waals surface area contributed by atoms with E-state index in [1.54, 1.807) is 24.3 Å². The molecule has 4 N–H and O–H groups in total. The molecule has 14 heteroatoms. The van der Waals surface area contributed by atoms with Gasteiger partial charge in [0.25, 0.3) is 5.91 Å². The van der Waals surface area contributed by atoms with Crippen molar-refractivity contribution in [2.45, 2.75) is 32.7 Å². The molecule has 0 spiro atoms. The van der Waals surface area contributed by atoms with Gasteiger partial charge in [0.2, 0.25) is 0 Å². The van der Waals surface area contributed by atoms with E-state index in [0.29, 0.717) is 50.5 Å². The van der Waals surface area contributed by atoms with Crippen LogP contribution in [0.1, 0.15) is 37.2 Å². The second kappa shape index (κ2) is 14.7. The molecule has 1 aliphatic heterocycles. The first-order valence-corrected chi connectivity index (χ1v) is 14.7. The number of carbonyl (C=O) groups is 3. The van der Waals surface area contributed by atoms with Crippen LogP contribution in [0.5, 0.6) is 0 Å². The highest BCUT2D eigenvalue weighted by Gasteiger charge is 2.35. The van der Waals surface area contributed by atoms with Gasteiger partial charge in [-0.05, 0) is 13.3 Å². The maximum Gasteiger partial charge on any atom is 0.417 e. The van der Waals surface area contributed by atoms with Gasteiger partial charge in [-0.3, -0.25) is 9.36 Å². The lowest BCUT2D eigenvalue weighted by Crippen LogP contribution is -2.50. The summed E-state index contributed by atoms with van der Waals surface area (Å²) in [6.07, 6.45) is -0.424. The predicted octanol–water partition coefficient (Wildman–Crippen LogP) is 2.24. The van der Waals surface area contributed by atoms with Crippen molar-refractivity contribution in [1.29, 1.82) is 0 Å². The summed E-state index contributed by atoms with van der Waals surface area (Å²) in [6, 6.07) is 8.75. The molecular formula is C25H35N6O7P. The third kappa shape index (κ3) is 9.39. The lowest BCUT2D eigenvalue weighted by Gasteiger charge is -2.27. The minimum Gasteiger partial charge on any atom is -0.375 e. The SMILES string of the molecule is CCCCOP(=O)(O)CC(NC(=O)c1cc(NCC)nc(-c2ccccc2)n1)C(=O)OC(=O)N1CCNCC1. The summed E-state index contributed by atoms with van der Waals surface area (Å²) in [4.78, 5) is 59.3. The highest BCUT2D eigenvalue weighted by Crippen LogP contribution is 2.42. The van der Waals surface area contributed by atoms with Gasteiger partial charge in [0.15, 0.2) is 5.82 Å². The van der Waals surface area contributed by atoms with Gasteiger partial charge in [-0.2, -0.15) is 0 Å². The number of anilines is 1. The molecule has 1 saturated heterocycles. The minimum absolute atomic E-state index is 0.00189. The summed E-state index contributed by atoms with van der Waals surface area (Å²) < 4.78 is 22.8. The Labute approximate surface area is 227 Å². The van der Waals surface area contributed by atoms with Gasteiger partial charge in [0.05, 0.1) is 12.8 Å². The number of ether oxygens (including phenoxy) is 1. The van der Waals surface area contributed by atoms with Gasteiger partial charge < -0.3 is 35.0 Å². The molecule has 2 aromatic rings. The molecule has 2 amide bonds. The van der Waals surface area contributed by atoms with Crippen molar-refractivity contribution in [2.75, 3.05) is 50.8 Å². The summed E-state index contributed by atoms with van der Waals surface area (Å²) in [6.45, 7) is 6.01. The lowest BCUT2D eigenvalue weighted by atomic mass is 10.2. The monoisotopic (exact) mass is 562 g/mol.